The van der Waals surface area contributed by atoms with Gasteiger partial charge in [0.05, 0.1) is 50.2 Å². The molecule has 7 rings (SSSR count). The van der Waals surface area contributed by atoms with Gasteiger partial charge in [-0.25, -0.2) is 9.97 Å². The van der Waals surface area contributed by atoms with Gasteiger partial charge in [0, 0.05) is 46.0 Å². The van der Waals surface area contributed by atoms with Gasteiger partial charge in [-0.15, -0.1) is 0 Å². The Kier molecular flexibility index (Phi) is 10.4. The maximum absolute atomic E-state index is 11.0. The Bertz CT molecular complexity index is 2290. The molecule has 4 N–H and O–H groups in total. The Balaban J connectivity index is 1.36. The smallest absolute Gasteiger partial charge is 0.303 e. The fourth-order valence-corrected chi connectivity index (χ4v) is 6.38. The number of carboxylic acid groups (broad SMARTS) is 2. The molecule has 0 amide bonds. The Hall–Kier alpha value is -6.82. The van der Waals surface area contributed by atoms with Crippen LogP contribution in [0.1, 0.15) is 48.5 Å². The van der Waals surface area contributed by atoms with Crippen molar-refractivity contribution in [3.8, 4) is 45.3 Å². The molecule has 0 saturated carbocycles. The molecule has 0 spiro atoms. The molecular weight excluding hydrogens is 688 g/mol. The van der Waals surface area contributed by atoms with Gasteiger partial charge in [0.2, 0.25) is 0 Å². The minimum Gasteiger partial charge on any atom is -0.493 e. The largest absolute Gasteiger partial charge is 0.493 e. The molecule has 5 heterocycles. The topological polar surface area (TPSA) is 169 Å². The fraction of sp³-hybridized carbons (Fsp3) is 0.190. The second-order valence-corrected chi connectivity index (χ2v) is 12.6. The van der Waals surface area contributed by atoms with E-state index in [2.05, 4.69) is 9.97 Å². The third-order valence-electron chi connectivity index (χ3n) is 8.89. The first kappa shape index (κ1) is 35.6. The van der Waals surface area contributed by atoms with Gasteiger partial charge in [0.1, 0.15) is 0 Å². The average Bonchev–Trinajstić information content (AvgIpc) is 3.99. The number of fused-ring (bicyclic) bond motifs is 8. The number of carboxylic acids is 2. The average molecular weight is 727 g/mol. The Morgan fingerprint density at radius 1 is 0.574 bits per heavy atom. The summed E-state index contributed by atoms with van der Waals surface area (Å²) in [6.45, 7) is 0.454. The zero-order chi connectivity index (χ0) is 37.6. The van der Waals surface area contributed by atoms with Gasteiger partial charge < -0.3 is 39.1 Å². The van der Waals surface area contributed by atoms with Crippen LogP contribution in [0.3, 0.4) is 0 Å². The Labute approximate surface area is 310 Å². The molecule has 8 bridgehead atoms. The first-order chi connectivity index (χ1) is 26.3. The maximum Gasteiger partial charge on any atom is 0.303 e. The number of ether oxygens (including phenoxy) is 4. The Morgan fingerprint density at radius 3 is 1.43 bits per heavy atom. The molecular formula is C42H38N4O8. The van der Waals surface area contributed by atoms with Crippen molar-refractivity contribution in [1.29, 1.82) is 0 Å². The maximum atomic E-state index is 11.0. The normalized spacial score (nSPS) is 11.7. The van der Waals surface area contributed by atoms with Crippen molar-refractivity contribution in [3.63, 3.8) is 0 Å². The molecule has 12 heteroatoms. The van der Waals surface area contributed by atoms with E-state index in [4.69, 9.17) is 39.1 Å². The summed E-state index contributed by atoms with van der Waals surface area (Å²) in [5, 5.41) is 18.1. The predicted molar refractivity (Wildman–Crippen MR) is 208 cm³/mol. The number of hydrogen-bond donors (Lipinski definition) is 4. The molecule has 0 atom stereocenters. The molecule has 0 unspecified atom stereocenters. The van der Waals surface area contributed by atoms with Crippen molar-refractivity contribution in [1.82, 2.24) is 19.9 Å². The highest BCUT2D eigenvalue weighted by Crippen LogP contribution is 2.38. The lowest BCUT2D eigenvalue weighted by Crippen LogP contribution is -2.03. The van der Waals surface area contributed by atoms with Gasteiger partial charge in [0.25, 0.3) is 0 Å². The molecule has 2 aliphatic heterocycles. The lowest BCUT2D eigenvalue weighted by atomic mass is 10.0. The van der Waals surface area contributed by atoms with Gasteiger partial charge in [0.15, 0.2) is 23.0 Å². The number of nitrogens with one attached hydrogen (secondary N) is 2. The number of H-pyrrole nitrogens is 2. The molecule has 54 heavy (non-hydrogen) atoms. The first-order valence-corrected chi connectivity index (χ1v) is 17.4. The number of carbonyl (C=O) groups is 2. The van der Waals surface area contributed by atoms with Gasteiger partial charge in [-0.2, -0.15) is 0 Å². The number of aromatic nitrogens is 4. The van der Waals surface area contributed by atoms with Gasteiger partial charge in [-0.05, 0) is 109 Å². The summed E-state index contributed by atoms with van der Waals surface area (Å²) in [4.78, 5) is 39.2. The van der Waals surface area contributed by atoms with E-state index in [0.29, 0.717) is 35.8 Å². The number of benzene rings is 2. The van der Waals surface area contributed by atoms with Crippen LogP contribution in [0, 0.1) is 0 Å². The van der Waals surface area contributed by atoms with Crippen LogP contribution < -0.4 is 18.9 Å². The summed E-state index contributed by atoms with van der Waals surface area (Å²) >= 11 is 0. The third kappa shape index (κ3) is 7.97. The number of hydrogen-bond acceptors (Lipinski definition) is 8. The van der Waals surface area contributed by atoms with E-state index in [1.54, 1.807) is 14.2 Å². The second-order valence-electron chi connectivity index (χ2n) is 12.6. The predicted octanol–water partition coefficient (Wildman–Crippen LogP) is 8.49. The van der Waals surface area contributed by atoms with Crippen molar-refractivity contribution < 1.29 is 38.7 Å². The highest BCUT2D eigenvalue weighted by Gasteiger charge is 2.17. The van der Waals surface area contributed by atoms with Crippen molar-refractivity contribution in [3.05, 3.63) is 95.6 Å². The van der Waals surface area contributed by atoms with Crippen LogP contribution in [0.2, 0.25) is 0 Å². The van der Waals surface area contributed by atoms with E-state index in [0.717, 1.165) is 67.1 Å². The van der Waals surface area contributed by atoms with E-state index in [9.17, 15) is 9.59 Å². The highest BCUT2D eigenvalue weighted by molar-refractivity contribution is 5.93. The summed E-state index contributed by atoms with van der Waals surface area (Å²) in [5.41, 5.74) is 9.67. The number of rotatable bonds is 14. The Morgan fingerprint density at radius 2 is 1.02 bits per heavy atom. The van der Waals surface area contributed by atoms with Crippen molar-refractivity contribution >= 4 is 58.3 Å². The summed E-state index contributed by atoms with van der Waals surface area (Å²) in [5.74, 6) is 0.343. The van der Waals surface area contributed by atoms with Crippen LogP contribution in [0.15, 0.2) is 72.8 Å². The highest BCUT2D eigenvalue weighted by atomic mass is 16.5. The van der Waals surface area contributed by atoms with Gasteiger partial charge in [-0.1, -0.05) is 12.1 Å². The van der Waals surface area contributed by atoms with E-state index in [-0.39, 0.29) is 26.1 Å². The zero-order valence-corrected chi connectivity index (χ0v) is 29.7. The van der Waals surface area contributed by atoms with Crippen LogP contribution in [0.5, 0.6) is 23.0 Å². The van der Waals surface area contributed by atoms with Crippen LogP contribution in [-0.4, -0.2) is 69.5 Å². The van der Waals surface area contributed by atoms with Crippen LogP contribution in [0.4, 0.5) is 0 Å². The van der Waals surface area contributed by atoms with Crippen LogP contribution >= 0.6 is 0 Å². The third-order valence-corrected chi connectivity index (χ3v) is 8.89. The molecule has 5 aromatic rings. The molecule has 274 valence electrons. The van der Waals surface area contributed by atoms with Crippen LogP contribution in [0.25, 0.3) is 68.6 Å². The monoisotopic (exact) mass is 726 g/mol. The quantitative estimate of drug-likeness (QED) is 0.0798. The van der Waals surface area contributed by atoms with Crippen molar-refractivity contribution in [2.24, 2.45) is 0 Å². The summed E-state index contributed by atoms with van der Waals surface area (Å²) in [6.07, 6.45) is 8.61. The summed E-state index contributed by atoms with van der Waals surface area (Å²) in [7, 11) is 3.14. The van der Waals surface area contributed by atoms with Crippen LogP contribution in [-0.2, 0) is 9.59 Å². The first-order valence-electron chi connectivity index (χ1n) is 17.4. The lowest BCUT2D eigenvalue weighted by Gasteiger charge is -2.13. The zero-order valence-electron chi connectivity index (χ0n) is 29.7. The standard InChI is InChI=1S/C42H38N4O8/c1-51-35-17-7-25(21-37(35)53-19-3-5-39(47)48)41-31-13-9-27(43-31)23-29-11-15-33(45-29)42(34-16-12-30(46-34)24-28-10-14-32(41)44-28)26-8-18-36(52-2)38(22-26)54-20-4-6-40(49)50/h7-18,21-24,43,46H,3-6,19-20H2,1-2H3,(H,47,48)(H,49,50). The molecule has 0 saturated heterocycles. The minimum atomic E-state index is -0.873. The number of nitrogens with zero attached hydrogens (tertiary/aromatic N) is 2. The van der Waals surface area contributed by atoms with E-state index < -0.39 is 11.9 Å². The molecule has 3 aromatic heterocycles. The second kappa shape index (κ2) is 15.8. The number of aromatic amines is 2. The molecule has 2 aliphatic rings. The molecule has 0 aliphatic carbocycles. The van der Waals surface area contributed by atoms with Gasteiger partial charge >= 0.3 is 11.9 Å². The summed E-state index contributed by atoms with van der Waals surface area (Å²) in [6, 6.07) is 23.3. The SMILES string of the molecule is COc1ccc(-c2c3nc(cc4ccc([nH]4)c(-c4ccc(OC)c(OCCCC(=O)O)c4)c4nc(cc5ccc2[nH]5)C=C4)C=C3)cc1OCCCC(=O)O. The van der Waals surface area contributed by atoms with Gasteiger partial charge in [-0.3, -0.25) is 9.59 Å². The lowest BCUT2D eigenvalue weighted by molar-refractivity contribution is -0.138. The van der Waals surface area contributed by atoms with E-state index >= 15 is 0 Å². The number of methoxy groups -OCH3 is 2. The van der Waals surface area contributed by atoms with E-state index in [1.807, 2.05) is 97.1 Å². The molecule has 0 radical (unpaired) electrons. The van der Waals surface area contributed by atoms with Crippen molar-refractivity contribution in [2.75, 3.05) is 27.4 Å². The molecule has 12 nitrogen and oxygen atoms in total. The summed E-state index contributed by atoms with van der Waals surface area (Å²) < 4.78 is 23.1. The molecule has 2 aromatic carbocycles. The minimum absolute atomic E-state index is 0.00812. The van der Waals surface area contributed by atoms with Crippen molar-refractivity contribution in [2.45, 2.75) is 25.7 Å². The van der Waals surface area contributed by atoms with E-state index in [1.165, 1.54) is 0 Å². The molecule has 0 fully saturated rings. The fourth-order valence-electron chi connectivity index (χ4n) is 6.38. The number of aliphatic carboxylic acids is 2.